The van der Waals surface area contributed by atoms with E-state index in [0.717, 1.165) is 11.3 Å². The lowest BCUT2D eigenvalue weighted by atomic mass is 9.85. The largest absolute Gasteiger partial charge is 0.369 e. The number of carbonyl (C=O) groups excluding carboxylic acids is 2. The average molecular weight is 315 g/mol. The van der Waals surface area contributed by atoms with Crippen molar-refractivity contribution in [1.29, 1.82) is 0 Å². The summed E-state index contributed by atoms with van der Waals surface area (Å²) in [4.78, 5) is 26.2. The Morgan fingerprint density at radius 2 is 2.04 bits per heavy atom. The van der Waals surface area contributed by atoms with Crippen LogP contribution in [0.2, 0.25) is 0 Å². The number of para-hydroxylation sites is 1. The van der Waals surface area contributed by atoms with Gasteiger partial charge in [0.2, 0.25) is 11.8 Å². The second kappa shape index (κ2) is 6.22. The number of nitrogens with one attached hydrogen (secondary N) is 1. The summed E-state index contributed by atoms with van der Waals surface area (Å²) >= 11 is 0. The van der Waals surface area contributed by atoms with Gasteiger partial charge in [-0.25, -0.2) is 0 Å². The normalized spacial score (nSPS) is 24.7. The van der Waals surface area contributed by atoms with Crippen LogP contribution in [0.1, 0.15) is 44.6 Å². The van der Waals surface area contributed by atoms with Gasteiger partial charge in [0.25, 0.3) is 0 Å². The van der Waals surface area contributed by atoms with Crippen molar-refractivity contribution < 1.29 is 9.59 Å². The van der Waals surface area contributed by atoms with E-state index in [1.807, 2.05) is 31.2 Å². The van der Waals surface area contributed by atoms with Gasteiger partial charge in [0.1, 0.15) is 0 Å². The van der Waals surface area contributed by atoms with E-state index in [0.29, 0.717) is 18.9 Å². The van der Waals surface area contributed by atoms with Crippen LogP contribution in [0.5, 0.6) is 0 Å². The molecule has 2 amide bonds. The summed E-state index contributed by atoms with van der Waals surface area (Å²) in [5.74, 6) is 0.120. The molecule has 3 N–H and O–H groups in total. The van der Waals surface area contributed by atoms with Crippen molar-refractivity contribution in [2.24, 2.45) is 11.7 Å². The van der Waals surface area contributed by atoms with Gasteiger partial charge in [0, 0.05) is 17.8 Å². The predicted molar refractivity (Wildman–Crippen MR) is 90.1 cm³/mol. The van der Waals surface area contributed by atoms with Crippen LogP contribution < -0.4 is 16.0 Å². The number of benzene rings is 1. The minimum Gasteiger partial charge on any atom is -0.369 e. The Balaban J connectivity index is 1.76. The molecule has 0 radical (unpaired) electrons. The number of primary amides is 1. The smallest absolute Gasteiger partial charge is 0.239 e. The Morgan fingerprint density at radius 3 is 2.70 bits per heavy atom. The lowest BCUT2D eigenvalue weighted by Gasteiger charge is -2.39. The Labute approximate surface area is 137 Å². The van der Waals surface area contributed by atoms with Crippen molar-refractivity contribution in [1.82, 2.24) is 5.32 Å². The first kappa shape index (κ1) is 15.8. The molecule has 0 spiro atoms. The highest BCUT2D eigenvalue weighted by Gasteiger charge is 2.34. The van der Waals surface area contributed by atoms with Crippen LogP contribution in [0, 0.1) is 5.92 Å². The number of hydrogen-bond acceptors (Lipinski definition) is 3. The minimum atomic E-state index is -0.296. The van der Waals surface area contributed by atoms with Crippen LogP contribution in [-0.4, -0.2) is 30.4 Å². The molecular formula is C18H25N3O2. The minimum absolute atomic E-state index is 0.0450. The molecule has 0 aromatic heterocycles. The van der Waals surface area contributed by atoms with Gasteiger partial charge in [0.05, 0.1) is 12.5 Å². The molecule has 5 nitrogen and oxygen atoms in total. The highest BCUT2D eigenvalue weighted by atomic mass is 16.2. The molecule has 1 aromatic carbocycles. The van der Waals surface area contributed by atoms with Crippen molar-refractivity contribution in [2.45, 2.75) is 51.1 Å². The number of fused-ring (bicyclic) bond motifs is 1. The molecule has 5 heteroatoms. The maximum absolute atomic E-state index is 12.4. The highest BCUT2D eigenvalue weighted by molar-refractivity contribution is 5.87. The van der Waals surface area contributed by atoms with Crippen LogP contribution in [0.25, 0.3) is 0 Å². The topological polar surface area (TPSA) is 75.4 Å². The molecule has 1 saturated carbocycles. The first-order chi connectivity index (χ1) is 11.0. The van der Waals surface area contributed by atoms with E-state index < -0.39 is 0 Å². The van der Waals surface area contributed by atoms with Crippen molar-refractivity contribution in [3.63, 3.8) is 0 Å². The molecule has 124 valence electrons. The van der Waals surface area contributed by atoms with E-state index in [1.54, 1.807) is 0 Å². The van der Waals surface area contributed by atoms with E-state index in [2.05, 4.69) is 17.1 Å². The zero-order valence-electron chi connectivity index (χ0n) is 13.8. The Morgan fingerprint density at radius 1 is 1.35 bits per heavy atom. The standard InChI is InChI=1S/C18H25N3O2/c1-11-9-15(18(19)23)14-5-3-4-6-16(14)21(11)10-17(22)20-12(2)13-7-8-13/h3-6,11-13,15H,7-10H2,1-2H3,(H2,19,23)(H,20,22)/t11-,12+,15-/m1/s1. The van der Waals surface area contributed by atoms with Gasteiger partial charge in [-0.1, -0.05) is 18.2 Å². The quantitative estimate of drug-likeness (QED) is 0.869. The number of carbonyl (C=O) groups is 2. The fourth-order valence-electron chi connectivity index (χ4n) is 3.56. The number of anilines is 1. The average Bonchev–Trinajstić information content (AvgIpc) is 3.34. The molecule has 0 saturated heterocycles. The van der Waals surface area contributed by atoms with Gasteiger partial charge in [-0.15, -0.1) is 0 Å². The summed E-state index contributed by atoms with van der Waals surface area (Å²) in [6.45, 7) is 4.44. The van der Waals surface area contributed by atoms with Crippen LogP contribution in [0.4, 0.5) is 5.69 Å². The summed E-state index contributed by atoms with van der Waals surface area (Å²) in [6.07, 6.45) is 3.08. The molecule has 2 aliphatic rings. The van der Waals surface area contributed by atoms with E-state index in [-0.39, 0.29) is 29.8 Å². The predicted octanol–water partition coefficient (Wildman–Crippen LogP) is 1.77. The monoisotopic (exact) mass is 315 g/mol. The summed E-state index contributed by atoms with van der Waals surface area (Å²) in [5.41, 5.74) is 7.44. The van der Waals surface area contributed by atoms with Crippen LogP contribution in [0.15, 0.2) is 24.3 Å². The maximum atomic E-state index is 12.4. The number of nitrogens with zero attached hydrogens (tertiary/aromatic N) is 1. The van der Waals surface area contributed by atoms with Crippen molar-refractivity contribution in [3.05, 3.63) is 29.8 Å². The Kier molecular flexibility index (Phi) is 4.28. The van der Waals surface area contributed by atoms with Gasteiger partial charge in [-0.3, -0.25) is 9.59 Å². The lowest BCUT2D eigenvalue weighted by Crippen LogP contribution is -2.48. The molecule has 1 fully saturated rings. The van der Waals surface area contributed by atoms with Gasteiger partial charge in [-0.05, 0) is 50.7 Å². The number of amides is 2. The van der Waals surface area contributed by atoms with Crippen molar-refractivity contribution >= 4 is 17.5 Å². The first-order valence-electron chi connectivity index (χ1n) is 8.41. The molecule has 1 aliphatic heterocycles. The molecule has 1 aromatic rings. The molecule has 1 aliphatic carbocycles. The van der Waals surface area contributed by atoms with Gasteiger partial charge < -0.3 is 16.0 Å². The molecule has 3 rings (SSSR count). The fourth-order valence-corrected chi connectivity index (χ4v) is 3.56. The highest BCUT2D eigenvalue weighted by Crippen LogP contribution is 2.38. The third-order valence-corrected chi connectivity index (χ3v) is 5.11. The number of hydrogen-bond donors (Lipinski definition) is 2. The maximum Gasteiger partial charge on any atom is 0.239 e. The van der Waals surface area contributed by atoms with Crippen molar-refractivity contribution in [2.75, 3.05) is 11.4 Å². The van der Waals surface area contributed by atoms with E-state index in [4.69, 9.17) is 5.73 Å². The third-order valence-electron chi connectivity index (χ3n) is 5.11. The lowest BCUT2D eigenvalue weighted by molar-refractivity contribution is -0.120. The SMILES string of the molecule is C[C@H](NC(=O)CN1c2ccccc2[C@H](C(N)=O)C[C@H]1C)C1CC1. The third kappa shape index (κ3) is 3.33. The molecule has 0 bridgehead atoms. The molecule has 23 heavy (non-hydrogen) atoms. The second-order valence-electron chi connectivity index (χ2n) is 6.92. The summed E-state index contributed by atoms with van der Waals surface area (Å²) in [6, 6.07) is 8.11. The van der Waals surface area contributed by atoms with Gasteiger partial charge >= 0.3 is 0 Å². The van der Waals surface area contributed by atoms with Crippen molar-refractivity contribution in [3.8, 4) is 0 Å². The first-order valence-corrected chi connectivity index (χ1v) is 8.41. The zero-order chi connectivity index (χ0) is 16.6. The van der Waals surface area contributed by atoms with Crippen LogP contribution in [-0.2, 0) is 9.59 Å². The number of nitrogens with two attached hydrogens (primary N) is 1. The Hall–Kier alpha value is -2.04. The van der Waals surface area contributed by atoms with Gasteiger partial charge in [-0.2, -0.15) is 0 Å². The molecule has 1 heterocycles. The summed E-state index contributed by atoms with van der Waals surface area (Å²) in [7, 11) is 0. The Bertz CT molecular complexity index is 612. The van der Waals surface area contributed by atoms with E-state index in [1.165, 1.54) is 12.8 Å². The number of rotatable bonds is 5. The van der Waals surface area contributed by atoms with Crippen LogP contribution in [0.3, 0.4) is 0 Å². The molecule has 0 unspecified atom stereocenters. The zero-order valence-corrected chi connectivity index (χ0v) is 13.8. The molecular weight excluding hydrogens is 290 g/mol. The van der Waals surface area contributed by atoms with E-state index >= 15 is 0 Å². The molecule has 3 atom stereocenters. The summed E-state index contributed by atoms with van der Waals surface area (Å²) < 4.78 is 0. The van der Waals surface area contributed by atoms with E-state index in [9.17, 15) is 9.59 Å². The summed E-state index contributed by atoms with van der Waals surface area (Å²) in [5, 5.41) is 3.10. The van der Waals surface area contributed by atoms with Crippen LogP contribution >= 0.6 is 0 Å². The second-order valence-corrected chi connectivity index (χ2v) is 6.92. The fraction of sp³-hybridized carbons (Fsp3) is 0.556. The van der Waals surface area contributed by atoms with Gasteiger partial charge in [0.15, 0.2) is 0 Å².